The van der Waals surface area contributed by atoms with Gasteiger partial charge in [0, 0.05) is 5.39 Å². The summed E-state index contributed by atoms with van der Waals surface area (Å²) in [7, 11) is 2.00. The van der Waals surface area contributed by atoms with Gasteiger partial charge in [-0.3, -0.25) is 4.98 Å². The first-order valence-electron chi connectivity index (χ1n) is 7.02. The molecule has 0 radical (unpaired) electrons. The van der Waals surface area contributed by atoms with Gasteiger partial charge in [-0.25, -0.2) is 0 Å². The van der Waals surface area contributed by atoms with Crippen LogP contribution in [0.5, 0.6) is 5.75 Å². The molecule has 3 nitrogen and oxygen atoms in total. The van der Waals surface area contributed by atoms with Crippen molar-refractivity contribution in [3.63, 3.8) is 0 Å². The highest BCUT2D eigenvalue weighted by Gasteiger charge is 1.98. The highest BCUT2D eigenvalue weighted by Crippen LogP contribution is 2.18. The predicted octanol–water partition coefficient (Wildman–Crippen LogP) is 3.39. The Bertz CT molecular complexity index is 499. The molecule has 0 aliphatic rings. The van der Waals surface area contributed by atoms with Gasteiger partial charge in [-0.05, 0) is 38.6 Å². The van der Waals surface area contributed by atoms with Crippen molar-refractivity contribution in [1.82, 2.24) is 10.3 Å². The van der Waals surface area contributed by atoms with Gasteiger partial charge >= 0.3 is 0 Å². The third-order valence-electron chi connectivity index (χ3n) is 3.16. The van der Waals surface area contributed by atoms with Gasteiger partial charge in [-0.1, -0.05) is 31.0 Å². The molecule has 0 saturated carbocycles. The number of ether oxygens (including phenoxy) is 1. The van der Waals surface area contributed by atoms with Crippen molar-refractivity contribution < 1.29 is 4.74 Å². The maximum Gasteiger partial charge on any atom is 0.138 e. The normalized spacial score (nSPS) is 10.8. The Balaban J connectivity index is 1.72. The van der Waals surface area contributed by atoms with E-state index in [1.54, 1.807) is 0 Å². The van der Waals surface area contributed by atoms with Crippen molar-refractivity contribution in [2.45, 2.75) is 25.7 Å². The third-order valence-corrected chi connectivity index (χ3v) is 3.16. The number of benzene rings is 1. The Morgan fingerprint density at radius 2 is 1.95 bits per heavy atom. The smallest absolute Gasteiger partial charge is 0.138 e. The lowest BCUT2D eigenvalue weighted by Gasteiger charge is -2.06. The van der Waals surface area contributed by atoms with Crippen LogP contribution in [0, 0.1) is 0 Å². The van der Waals surface area contributed by atoms with E-state index in [4.69, 9.17) is 4.74 Å². The molecule has 0 saturated heterocycles. The summed E-state index contributed by atoms with van der Waals surface area (Å²) in [4.78, 5) is 4.39. The number of pyridine rings is 1. The van der Waals surface area contributed by atoms with Gasteiger partial charge in [0.1, 0.15) is 5.75 Å². The SMILES string of the molecule is CNCCCCCCOc1cnc2ccccc2c1. The Morgan fingerprint density at radius 1 is 1.11 bits per heavy atom. The molecule has 0 unspecified atom stereocenters. The molecule has 19 heavy (non-hydrogen) atoms. The fourth-order valence-electron chi connectivity index (χ4n) is 2.08. The van der Waals surface area contributed by atoms with Gasteiger partial charge in [0.15, 0.2) is 0 Å². The highest BCUT2D eigenvalue weighted by atomic mass is 16.5. The molecule has 0 fully saturated rings. The zero-order valence-electron chi connectivity index (χ0n) is 11.6. The van der Waals surface area contributed by atoms with E-state index >= 15 is 0 Å². The van der Waals surface area contributed by atoms with Crippen molar-refractivity contribution >= 4 is 10.9 Å². The molecule has 0 spiro atoms. The summed E-state index contributed by atoms with van der Waals surface area (Å²) in [5.41, 5.74) is 1.02. The Morgan fingerprint density at radius 3 is 2.84 bits per heavy atom. The van der Waals surface area contributed by atoms with E-state index in [1.165, 1.54) is 19.3 Å². The van der Waals surface area contributed by atoms with Crippen LogP contribution in [0.1, 0.15) is 25.7 Å². The van der Waals surface area contributed by atoms with E-state index in [1.807, 2.05) is 31.4 Å². The Labute approximate surface area is 115 Å². The first-order chi connectivity index (χ1) is 9.40. The largest absolute Gasteiger partial charge is 0.492 e. The van der Waals surface area contributed by atoms with Crippen LogP contribution in [0.2, 0.25) is 0 Å². The number of unbranched alkanes of at least 4 members (excludes halogenated alkanes) is 3. The summed E-state index contributed by atoms with van der Waals surface area (Å²) in [5.74, 6) is 0.869. The van der Waals surface area contributed by atoms with Crippen LogP contribution in [0.4, 0.5) is 0 Å². The van der Waals surface area contributed by atoms with Crippen LogP contribution in [-0.4, -0.2) is 25.2 Å². The lowest BCUT2D eigenvalue weighted by Crippen LogP contribution is -2.07. The van der Waals surface area contributed by atoms with Crippen LogP contribution in [0.3, 0.4) is 0 Å². The number of aromatic nitrogens is 1. The molecule has 1 aromatic carbocycles. The van der Waals surface area contributed by atoms with Gasteiger partial charge < -0.3 is 10.1 Å². The zero-order valence-corrected chi connectivity index (χ0v) is 11.6. The molecule has 1 heterocycles. The molecule has 102 valence electrons. The van der Waals surface area contributed by atoms with E-state index < -0.39 is 0 Å². The summed E-state index contributed by atoms with van der Waals surface area (Å²) in [5, 5.41) is 4.30. The van der Waals surface area contributed by atoms with Crippen molar-refractivity contribution in [2.24, 2.45) is 0 Å². The highest BCUT2D eigenvalue weighted by molar-refractivity contribution is 5.79. The van der Waals surface area contributed by atoms with Crippen LogP contribution < -0.4 is 10.1 Å². The minimum absolute atomic E-state index is 0.777. The topological polar surface area (TPSA) is 34.1 Å². The van der Waals surface area contributed by atoms with Crippen molar-refractivity contribution in [3.05, 3.63) is 36.5 Å². The molecule has 2 rings (SSSR count). The summed E-state index contributed by atoms with van der Waals surface area (Å²) in [6, 6.07) is 10.2. The molecule has 3 heteroatoms. The van der Waals surface area contributed by atoms with E-state index in [0.717, 1.165) is 36.2 Å². The minimum Gasteiger partial charge on any atom is -0.492 e. The lowest BCUT2D eigenvalue weighted by atomic mass is 10.2. The van der Waals surface area contributed by atoms with Gasteiger partial charge in [0.05, 0.1) is 18.3 Å². The molecule has 0 bridgehead atoms. The molecule has 1 N–H and O–H groups in total. The fraction of sp³-hybridized carbons (Fsp3) is 0.438. The molecule has 0 atom stereocenters. The second-order valence-corrected chi connectivity index (χ2v) is 4.73. The zero-order chi connectivity index (χ0) is 13.3. The first kappa shape index (κ1) is 13.8. The minimum atomic E-state index is 0.777. The molecular formula is C16H22N2O. The summed E-state index contributed by atoms with van der Waals surface area (Å²) >= 11 is 0. The maximum atomic E-state index is 5.74. The number of hydrogen-bond donors (Lipinski definition) is 1. The fourth-order valence-corrected chi connectivity index (χ4v) is 2.08. The Hall–Kier alpha value is -1.61. The van der Waals surface area contributed by atoms with Crippen molar-refractivity contribution in [3.8, 4) is 5.75 Å². The van der Waals surface area contributed by atoms with Crippen LogP contribution in [0.15, 0.2) is 36.5 Å². The summed E-state index contributed by atoms with van der Waals surface area (Å²) < 4.78 is 5.74. The number of nitrogens with one attached hydrogen (secondary N) is 1. The van der Waals surface area contributed by atoms with E-state index in [0.29, 0.717) is 0 Å². The standard InChI is InChI=1S/C16H22N2O/c1-17-10-6-2-3-7-11-19-15-12-14-8-4-5-9-16(14)18-13-15/h4-5,8-9,12-13,17H,2-3,6-7,10-11H2,1H3. The predicted molar refractivity (Wildman–Crippen MR) is 79.6 cm³/mol. The second-order valence-electron chi connectivity index (χ2n) is 4.73. The monoisotopic (exact) mass is 258 g/mol. The number of rotatable bonds is 8. The maximum absolute atomic E-state index is 5.74. The van der Waals surface area contributed by atoms with Crippen molar-refractivity contribution in [2.75, 3.05) is 20.2 Å². The van der Waals surface area contributed by atoms with Crippen molar-refractivity contribution in [1.29, 1.82) is 0 Å². The molecule has 0 aliphatic heterocycles. The number of nitrogens with zero attached hydrogens (tertiary/aromatic N) is 1. The number of hydrogen-bond acceptors (Lipinski definition) is 3. The van der Waals surface area contributed by atoms with E-state index in [-0.39, 0.29) is 0 Å². The van der Waals surface area contributed by atoms with E-state index in [9.17, 15) is 0 Å². The Kier molecular flexibility index (Phi) is 5.63. The van der Waals surface area contributed by atoms with Crippen LogP contribution in [0.25, 0.3) is 10.9 Å². The molecule has 0 aliphatic carbocycles. The van der Waals surface area contributed by atoms with Gasteiger partial charge in [-0.15, -0.1) is 0 Å². The molecular weight excluding hydrogens is 236 g/mol. The average molecular weight is 258 g/mol. The van der Waals surface area contributed by atoms with Crippen LogP contribution in [-0.2, 0) is 0 Å². The first-order valence-corrected chi connectivity index (χ1v) is 7.02. The summed E-state index contributed by atoms with van der Waals surface area (Å²) in [6.45, 7) is 1.88. The number of fused-ring (bicyclic) bond motifs is 1. The summed E-state index contributed by atoms with van der Waals surface area (Å²) in [6.07, 6.45) is 6.65. The lowest BCUT2D eigenvalue weighted by molar-refractivity contribution is 0.304. The third kappa shape index (κ3) is 4.52. The quantitative estimate of drug-likeness (QED) is 0.737. The van der Waals surface area contributed by atoms with Gasteiger partial charge in [0.25, 0.3) is 0 Å². The number of para-hydroxylation sites is 1. The van der Waals surface area contributed by atoms with Gasteiger partial charge in [0.2, 0.25) is 0 Å². The second kappa shape index (κ2) is 7.74. The van der Waals surface area contributed by atoms with E-state index in [2.05, 4.69) is 22.4 Å². The molecule has 2 aromatic rings. The molecule has 1 aromatic heterocycles. The average Bonchev–Trinajstić information content (AvgIpc) is 2.46. The van der Waals surface area contributed by atoms with Crippen LogP contribution >= 0.6 is 0 Å². The molecule has 0 amide bonds. The van der Waals surface area contributed by atoms with Gasteiger partial charge in [-0.2, -0.15) is 0 Å².